The fraction of sp³-hybridized carbons (Fsp3) is 0.211. The van der Waals surface area contributed by atoms with Crippen LogP contribution in [0.25, 0.3) is 10.9 Å². The molecule has 0 saturated carbocycles. The van der Waals surface area contributed by atoms with Crippen LogP contribution >= 0.6 is 31.9 Å². The quantitative estimate of drug-likeness (QED) is 0.543. The number of nitrogens with zero attached hydrogens (tertiary/aromatic N) is 3. The number of amides is 1. The average molecular weight is 495 g/mol. The number of likely N-dealkylation sites (N-methyl/N-ethyl adjacent to an activating group) is 1. The van der Waals surface area contributed by atoms with Crippen molar-refractivity contribution in [1.82, 2.24) is 14.5 Å². The molecular weight excluding hydrogens is 478 g/mol. The van der Waals surface area contributed by atoms with Gasteiger partial charge in [0.2, 0.25) is 5.91 Å². The molecule has 6 nitrogen and oxygen atoms in total. The molecule has 1 heterocycles. The SMILES string of the molecule is COc1ccc(CN(C)C(=O)Cn2cnc3c(Br)cc(Br)cc3c2=O)cc1. The maximum Gasteiger partial charge on any atom is 0.261 e. The number of carbonyl (C=O) groups is 1. The van der Waals surface area contributed by atoms with Crippen molar-refractivity contribution in [3.05, 3.63) is 67.6 Å². The summed E-state index contributed by atoms with van der Waals surface area (Å²) in [7, 11) is 3.32. The first-order chi connectivity index (χ1) is 12.9. The molecule has 0 aliphatic heterocycles. The predicted molar refractivity (Wildman–Crippen MR) is 111 cm³/mol. The Balaban J connectivity index is 1.78. The molecule has 0 atom stereocenters. The van der Waals surface area contributed by atoms with E-state index in [9.17, 15) is 9.59 Å². The Morgan fingerprint density at radius 1 is 1.22 bits per heavy atom. The van der Waals surface area contributed by atoms with Crippen molar-refractivity contribution in [3.63, 3.8) is 0 Å². The number of ether oxygens (including phenoxy) is 1. The van der Waals surface area contributed by atoms with Crippen LogP contribution < -0.4 is 10.3 Å². The first kappa shape index (κ1) is 19.6. The van der Waals surface area contributed by atoms with Gasteiger partial charge >= 0.3 is 0 Å². The lowest BCUT2D eigenvalue weighted by atomic mass is 10.2. The second kappa shape index (κ2) is 8.22. The number of hydrogen-bond donors (Lipinski definition) is 0. The first-order valence-electron chi connectivity index (χ1n) is 8.10. The fourth-order valence-corrected chi connectivity index (χ4v) is 3.99. The van der Waals surface area contributed by atoms with Gasteiger partial charge in [0.25, 0.3) is 5.56 Å². The van der Waals surface area contributed by atoms with Gasteiger partial charge in [0.1, 0.15) is 12.3 Å². The molecule has 3 aromatic rings. The summed E-state index contributed by atoms with van der Waals surface area (Å²) in [6.45, 7) is 0.369. The lowest BCUT2D eigenvalue weighted by Gasteiger charge is -2.18. The van der Waals surface area contributed by atoms with Crippen molar-refractivity contribution in [1.29, 1.82) is 0 Å². The zero-order chi connectivity index (χ0) is 19.6. The van der Waals surface area contributed by atoms with E-state index < -0.39 is 0 Å². The predicted octanol–water partition coefficient (Wildman–Crippen LogP) is 3.59. The molecule has 0 saturated heterocycles. The van der Waals surface area contributed by atoms with E-state index in [0.717, 1.165) is 20.3 Å². The Hall–Kier alpha value is -2.19. The summed E-state index contributed by atoms with van der Waals surface area (Å²) in [6.07, 6.45) is 1.41. The van der Waals surface area contributed by atoms with E-state index in [-0.39, 0.29) is 18.0 Å². The topological polar surface area (TPSA) is 64.4 Å². The van der Waals surface area contributed by atoms with Gasteiger partial charge in [-0.25, -0.2) is 4.98 Å². The number of fused-ring (bicyclic) bond motifs is 1. The Morgan fingerprint density at radius 2 is 1.93 bits per heavy atom. The van der Waals surface area contributed by atoms with Crippen molar-refractivity contribution in [2.45, 2.75) is 13.1 Å². The largest absolute Gasteiger partial charge is 0.497 e. The van der Waals surface area contributed by atoms with Gasteiger partial charge in [0.05, 0.1) is 24.3 Å². The van der Waals surface area contributed by atoms with Crippen LogP contribution in [0.5, 0.6) is 5.75 Å². The highest BCUT2D eigenvalue weighted by molar-refractivity contribution is 9.11. The van der Waals surface area contributed by atoms with Gasteiger partial charge in [-0.15, -0.1) is 0 Å². The number of methoxy groups -OCH3 is 1. The molecule has 27 heavy (non-hydrogen) atoms. The third-order valence-electron chi connectivity index (χ3n) is 4.16. The number of benzene rings is 2. The summed E-state index contributed by atoms with van der Waals surface area (Å²) in [6, 6.07) is 11.0. The van der Waals surface area contributed by atoms with Crippen molar-refractivity contribution in [2.75, 3.05) is 14.2 Å². The van der Waals surface area contributed by atoms with E-state index in [1.807, 2.05) is 30.3 Å². The molecule has 0 unspecified atom stereocenters. The van der Waals surface area contributed by atoms with Crippen LogP contribution in [0.1, 0.15) is 5.56 Å². The van der Waals surface area contributed by atoms with Crippen molar-refractivity contribution in [3.8, 4) is 5.75 Å². The van der Waals surface area contributed by atoms with E-state index >= 15 is 0 Å². The number of halogens is 2. The molecule has 3 rings (SSSR count). The third kappa shape index (κ3) is 4.39. The second-order valence-electron chi connectivity index (χ2n) is 6.06. The number of hydrogen-bond acceptors (Lipinski definition) is 4. The van der Waals surface area contributed by atoms with Gasteiger partial charge in [-0.1, -0.05) is 28.1 Å². The number of aromatic nitrogens is 2. The Morgan fingerprint density at radius 3 is 2.59 bits per heavy atom. The van der Waals surface area contributed by atoms with Gasteiger partial charge in [0.15, 0.2) is 0 Å². The summed E-state index contributed by atoms with van der Waals surface area (Å²) in [5.41, 5.74) is 1.29. The molecule has 0 spiro atoms. The van der Waals surface area contributed by atoms with E-state index in [0.29, 0.717) is 17.4 Å². The van der Waals surface area contributed by atoms with Crippen LogP contribution in [0, 0.1) is 0 Å². The van der Waals surface area contributed by atoms with E-state index in [1.54, 1.807) is 25.1 Å². The molecule has 2 aromatic carbocycles. The minimum Gasteiger partial charge on any atom is -0.497 e. The van der Waals surface area contributed by atoms with Crippen LogP contribution in [0.15, 0.2) is 56.5 Å². The van der Waals surface area contributed by atoms with Gasteiger partial charge < -0.3 is 9.64 Å². The molecule has 8 heteroatoms. The molecule has 0 bridgehead atoms. The van der Waals surface area contributed by atoms with E-state index in [2.05, 4.69) is 36.8 Å². The molecule has 1 amide bonds. The second-order valence-corrected chi connectivity index (χ2v) is 7.83. The molecule has 0 aliphatic rings. The van der Waals surface area contributed by atoms with Gasteiger partial charge in [0, 0.05) is 22.5 Å². The van der Waals surface area contributed by atoms with Crippen molar-refractivity contribution in [2.24, 2.45) is 0 Å². The Kier molecular flexibility index (Phi) is 5.96. The molecule has 0 radical (unpaired) electrons. The minimum absolute atomic E-state index is 0.0709. The zero-order valence-corrected chi connectivity index (χ0v) is 17.9. The zero-order valence-electron chi connectivity index (χ0n) is 14.8. The Bertz CT molecular complexity index is 1050. The highest BCUT2D eigenvalue weighted by Gasteiger charge is 2.14. The molecular formula is C19H17Br2N3O3. The van der Waals surface area contributed by atoms with Crippen LogP contribution in [0.2, 0.25) is 0 Å². The monoisotopic (exact) mass is 493 g/mol. The number of rotatable bonds is 5. The summed E-state index contributed by atoms with van der Waals surface area (Å²) in [5.74, 6) is 0.585. The third-order valence-corrected chi connectivity index (χ3v) is 5.22. The van der Waals surface area contributed by atoms with E-state index in [4.69, 9.17) is 4.74 Å². The highest BCUT2D eigenvalue weighted by atomic mass is 79.9. The summed E-state index contributed by atoms with van der Waals surface area (Å²) < 4.78 is 7.95. The fourth-order valence-electron chi connectivity index (χ4n) is 2.67. The molecule has 0 aliphatic carbocycles. The van der Waals surface area contributed by atoms with Crippen LogP contribution in [0.4, 0.5) is 0 Å². The summed E-state index contributed by atoms with van der Waals surface area (Å²) in [4.78, 5) is 31.2. The number of carbonyl (C=O) groups excluding carboxylic acids is 1. The maximum atomic E-state index is 12.7. The molecule has 0 fully saturated rings. The van der Waals surface area contributed by atoms with Crippen LogP contribution in [-0.4, -0.2) is 34.5 Å². The minimum atomic E-state index is -0.256. The lowest BCUT2D eigenvalue weighted by Crippen LogP contribution is -2.33. The van der Waals surface area contributed by atoms with E-state index in [1.165, 1.54) is 10.9 Å². The van der Waals surface area contributed by atoms with Crippen LogP contribution in [-0.2, 0) is 17.9 Å². The lowest BCUT2D eigenvalue weighted by molar-refractivity contribution is -0.131. The van der Waals surface area contributed by atoms with Crippen molar-refractivity contribution >= 4 is 48.7 Å². The van der Waals surface area contributed by atoms with Gasteiger partial charge in [-0.3, -0.25) is 14.2 Å². The summed E-state index contributed by atoms with van der Waals surface area (Å²) >= 11 is 6.78. The maximum absolute atomic E-state index is 12.7. The normalized spacial score (nSPS) is 10.8. The summed E-state index contributed by atoms with van der Waals surface area (Å²) in [5, 5.41) is 0.448. The average Bonchev–Trinajstić information content (AvgIpc) is 2.65. The molecule has 0 N–H and O–H groups in total. The van der Waals surface area contributed by atoms with Crippen molar-refractivity contribution < 1.29 is 9.53 Å². The van der Waals surface area contributed by atoms with Gasteiger partial charge in [-0.05, 0) is 45.8 Å². The molecule has 1 aromatic heterocycles. The van der Waals surface area contributed by atoms with Crippen LogP contribution in [0.3, 0.4) is 0 Å². The highest BCUT2D eigenvalue weighted by Crippen LogP contribution is 2.24. The Labute approximate surface area is 173 Å². The standard InChI is InChI=1S/C19H17Br2N3O3/c1-23(9-12-3-5-14(27-2)6-4-12)17(25)10-24-11-22-18-15(19(24)26)7-13(20)8-16(18)21/h3-8,11H,9-10H2,1-2H3. The molecule has 140 valence electrons. The van der Waals surface area contributed by atoms with Gasteiger partial charge in [-0.2, -0.15) is 0 Å². The first-order valence-corrected chi connectivity index (χ1v) is 9.68. The smallest absolute Gasteiger partial charge is 0.261 e.